The Bertz CT molecular complexity index is 3290. The summed E-state index contributed by atoms with van der Waals surface area (Å²) in [6.07, 6.45) is 4.87. The molecule has 0 saturated carbocycles. The number of hydrogen-bond donors (Lipinski definition) is 14. The van der Waals surface area contributed by atoms with Crippen molar-refractivity contribution in [3.05, 3.63) is 138 Å². The van der Waals surface area contributed by atoms with Gasteiger partial charge in [-0.3, -0.25) is 33.6 Å². The molecular formula is C57H67N11O11. The monoisotopic (exact) mass is 1080 g/mol. The van der Waals surface area contributed by atoms with Crippen molar-refractivity contribution in [2.75, 3.05) is 6.54 Å². The van der Waals surface area contributed by atoms with E-state index >= 15 is 0 Å². The molecule has 22 nitrogen and oxygen atoms in total. The number of fused-ring (bicyclic) bond motifs is 3. The number of rotatable bonds is 28. The van der Waals surface area contributed by atoms with Crippen molar-refractivity contribution >= 4 is 80.1 Å². The number of carboxylic acids is 2. The van der Waals surface area contributed by atoms with Crippen molar-refractivity contribution in [1.82, 2.24) is 46.9 Å². The van der Waals surface area contributed by atoms with Crippen LogP contribution in [0.5, 0.6) is 5.75 Å². The Kier molecular flexibility index (Phi) is 19.6. The van der Waals surface area contributed by atoms with Crippen LogP contribution in [0.15, 0.2) is 116 Å². The van der Waals surface area contributed by atoms with Crippen LogP contribution in [-0.4, -0.2) is 126 Å². The van der Waals surface area contributed by atoms with Gasteiger partial charge in [-0.15, -0.1) is 0 Å². The molecule has 22 heteroatoms. The van der Waals surface area contributed by atoms with Crippen molar-refractivity contribution < 1.29 is 53.7 Å². The first-order chi connectivity index (χ1) is 37.9. The number of unbranched alkanes of at least 4 members (excludes halogenated alkanes) is 1. The molecule has 7 atom stereocenters. The molecule has 7 rings (SSSR count). The first-order valence-corrected chi connectivity index (χ1v) is 26.0. The smallest absolute Gasteiger partial charge is 0.326 e. The molecule has 0 aliphatic carbocycles. The van der Waals surface area contributed by atoms with E-state index in [1.807, 2.05) is 66.7 Å². The summed E-state index contributed by atoms with van der Waals surface area (Å²) < 4.78 is 0. The average Bonchev–Trinajstić information content (AvgIpc) is 4.18. The van der Waals surface area contributed by atoms with Crippen LogP contribution in [0.1, 0.15) is 61.8 Å². The number of aromatic amines is 3. The van der Waals surface area contributed by atoms with E-state index in [-0.39, 0.29) is 37.9 Å². The number of benzene rings is 4. The highest BCUT2D eigenvalue weighted by molar-refractivity contribution is 5.99. The second kappa shape index (κ2) is 26.8. The predicted octanol–water partition coefficient (Wildman–Crippen LogP) is 2.69. The van der Waals surface area contributed by atoms with Crippen LogP contribution in [0.25, 0.3) is 32.7 Å². The van der Waals surface area contributed by atoms with Crippen LogP contribution >= 0.6 is 0 Å². The number of para-hydroxylation sites is 3. The van der Waals surface area contributed by atoms with E-state index in [0.717, 1.165) is 32.7 Å². The highest BCUT2D eigenvalue weighted by atomic mass is 16.4. The molecule has 0 saturated heterocycles. The minimum Gasteiger partial charge on any atom is -0.508 e. The summed E-state index contributed by atoms with van der Waals surface area (Å²) in [5, 5.41) is 48.0. The number of nitrogens with one attached hydrogen (secondary N) is 9. The molecule has 4 unspecified atom stereocenters. The van der Waals surface area contributed by atoms with Crippen LogP contribution in [0.3, 0.4) is 0 Å². The number of hydrogen-bond acceptors (Lipinski definition) is 11. The molecular weight excluding hydrogens is 1010 g/mol. The van der Waals surface area contributed by atoms with Crippen molar-refractivity contribution in [3.8, 4) is 5.75 Å². The van der Waals surface area contributed by atoms with Gasteiger partial charge in [0.1, 0.15) is 42.0 Å². The molecule has 4 aromatic carbocycles. The molecule has 0 aliphatic rings. The Morgan fingerprint density at radius 2 is 0.886 bits per heavy atom. The lowest BCUT2D eigenvalue weighted by atomic mass is 9.98. The predicted molar refractivity (Wildman–Crippen MR) is 295 cm³/mol. The lowest BCUT2D eigenvalue weighted by molar-refractivity contribution is -0.142. The molecule has 16 N–H and O–H groups in total. The summed E-state index contributed by atoms with van der Waals surface area (Å²) in [7, 11) is 0. The topological polar surface area (TPSA) is 369 Å². The first-order valence-electron chi connectivity index (χ1n) is 26.0. The third kappa shape index (κ3) is 15.4. The molecule has 7 aromatic rings. The van der Waals surface area contributed by atoms with Crippen molar-refractivity contribution in [3.63, 3.8) is 0 Å². The van der Waals surface area contributed by atoms with Gasteiger partial charge in [-0.1, -0.05) is 80.6 Å². The fourth-order valence-electron chi connectivity index (χ4n) is 9.44. The number of H-pyrrole nitrogens is 3. The summed E-state index contributed by atoms with van der Waals surface area (Å²) in [4.78, 5) is 120. The summed E-state index contributed by atoms with van der Waals surface area (Å²) in [6.45, 7) is 3.67. The quantitative estimate of drug-likeness (QED) is 0.0314. The second-order valence-electron chi connectivity index (χ2n) is 19.9. The molecule has 0 radical (unpaired) electrons. The van der Waals surface area contributed by atoms with Crippen LogP contribution in [0, 0.1) is 5.92 Å². The molecule has 0 aliphatic heterocycles. The SMILES string of the molecule is CC(C)C(NC(=O)[C@@H](Cc1c[nH]c2ccccc12)NC(=O)C(Cc1ccc(O)cc1)NC(=O)C(N)CC(=O)O)C(=O)N[C@H](Cc1c[nH]c2ccccc12)C(=O)N[C@H](Cc1c[nH]c2ccccc12)C(=O)NC(CCCCN)C(=O)O. The molecule has 3 heterocycles. The van der Waals surface area contributed by atoms with Gasteiger partial charge in [0.25, 0.3) is 0 Å². The minimum atomic E-state index is -1.53. The van der Waals surface area contributed by atoms with E-state index in [0.29, 0.717) is 41.6 Å². The Hall–Kier alpha value is -9.02. The number of carboxylic acid groups (broad SMARTS) is 2. The molecule has 3 aromatic heterocycles. The summed E-state index contributed by atoms with van der Waals surface area (Å²) >= 11 is 0. The van der Waals surface area contributed by atoms with Crippen LogP contribution in [0.2, 0.25) is 0 Å². The Morgan fingerprint density at radius 3 is 1.30 bits per heavy atom. The third-order valence-corrected chi connectivity index (χ3v) is 13.7. The van der Waals surface area contributed by atoms with Gasteiger partial charge in [-0.25, -0.2) is 4.79 Å². The van der Waals surface area contributed by atoms with Gasteiger partial charge in [0.15, 0.2) is 0 Å². The minimum absolute atomic E-state index is 0.0598. The molecule has 6 amide bonds. The van der Waals surface area contributed by atoms with E-state index in [2.05, 4.69) is 46.9 Å². The van der Waals surface area contributed by atoms with Gasteiger partial charge in [0.2, 0.25) is 35.4 Å². The fourth-order valence-corrected chi connectivity index (χ4v) is 9.44. The lowest BCUT2D eigenvalue weighted by Gasteiger charge is -2.29. The largest absolute Gasteiger partial charge is 0.508 e. The zero-order chi connectivity index (χ0) is 56.8. The molecule has 0 fully saturated rings. The number of nitrogens with two attached hydrogens (primary N) is 2. The van der Waals surface area contributed by atoms with Gasteiger partial charge in [-0.2, -0.15) is 0 Å². The number of phenols is 1. The van der Waals surface area contributed by atoms with E-state index in [9.17, 15) is 53.7 Å². The van der Waals surface area contributed by atoms with Crippen LogP contribution < -0.4 is 43.4 Å². The number of aromatic hydroxyl groups is 1. The van der Waals surface area contributed by atoms with Gasteiger partial charge >= 0.3 is 11.9 Å². The Morgan fingerprint density at radius 1 is 0.494 bits per heavy atom. The number of carbonyl (C=O) groups is 8. The second-order valence-corrected chi connectivity index (χ2v) is 19.9. The average molecular weight is 1080 g/mol. The Balaban J connectivity index is 1.19. The van der Waals surface area contributed by atoms with E-state index < -0.39 is 102 Å². The van der Waals surface area contributed by atoms with Gasteiger partial charge in [-0.05, 0) is 84.3 Å². The van der Waals surface area contributed by atoms with Crippen molar-refractivity contribution in [2.24, 2.45) is 17.4 Å². The molecule has 416 valence electrons. The zero-order valence-corrected chi connectivity index (χ0v) is 43.7. The zero-order valence-electron chi connectivity index (χ0n) is 43.7. The van der Waals surface area contributed by atoms with E-state index in [1.165, 1.54) is 24.3 Å². The number of aliphatic carboxylic acids is 2. The van der Waals surface area contributed by atoms with Crippen LogP contribution in [-0.2, 0) is 64.0 Å². The summed E-state index contributed by atoms with van der Waals surface area (Å²) in [5.41, 5.74) is 16.2. The highest BCUT2D eigenvalue weighted by Gasteiger charge is 2.36. The van der Waals surface area contributed by atoms with Crippen molar-refractivity contribution in [1.29, 1.82) is 0 Å². The molecule has 0 bridgehead atoms. The lowest BCUT2D eigenvalue weighted by Crippen LogP contribution is -2.61. The summed E-state index contributed by atoms with van der Waals surface area (Å²) in [5.74, 6) is -8.32. The van der Waals surface area contributed by atoms with E-state index in [1.54, 1.807) is 38.5 Å². The van der Waals surface area contributed by atoms with Crippen LogP contribution in [0.4, 0.5) is 0 Å². The van der Waals surface area contributed by atoms with Gasteiger partial charge in [0.05, 0.1) is 12.5 Å². The molecule has 0 spiro atoms. The standard InChI is InChI=1S/C57H67N11O11/c1-31(2)50(68-55(76)48(26-35-30-62-43-16-8-5-13-39(35)43)66-52(73)45(23-32-18-20-36(69)21-19-32)64-51(72)40(59)27-49(70)71)56(77)67-47(25-34-29-61-42-15-7-4-12-38(34)42)54(75)65-46(24-33-28-60-41-14-6-3-11-37(33)41)53(74)63-44(57(78)79)17-9-10-22-58/h3-8,11-16,18-21,28-31,40,44-48,50,60-62,69H,9-10,17,22-27,58-59H2,1-2H3,(H,63,74)(H,64,72)(H,65,75)(H,66,73)(H,67,77)(H,68,76)(H,70,71)(H,78,79)/t40?,44?,45?,46-,47-,48-,50?/m1/s1. The number of amides is 6. The van der Waals surface area contributed by atoms with Gasteiger partial charge < -0.3 is 73.6 Å². The highest BCUT2D eigenvalue weighted by Crippen LogP contribution is 2.23. The normalized spacial score (nSPS) is 14.1. The maximum absolute atomic E-state index is 14.9. The number of aromatic nitrogens is 3. The maximum atomic E-state index is 14.9. The summed E-state index contributed by atoms with van der Waals surface area (Å²) in [6, 6.07) is 17.9. The van der Waals surface area contributed by atoms with Gasteiger partial charge in [0, 0.05) is 77.0 Å². The van der Waals surface area contributed by atoms with Crippen molar-refractivity contribution in [2.45, 2.75) is 108 Å². The first kappa shape index (κ1) is 57.7. The van der Waals surface area contributed by atoms with E-state index in [4.69, 9.17) is 11.5 Å². The third-order valence-electron chi connectivity index (χ3n) is 13.7. The Labute approximate surface area is 454 Å². The maximum Gasteiger partial charge on any atom is 0.326 e. The number of phenolic OH excluding ortho intramolecular Hbond substituents is 1. The number of carbonyl (C=O) groups excluding carboxylic acids is 6. The molecule has 79 heavy (non-hydrogen) atoms. The fraction of sp³-hybridized carbons (Fsp3) is 0.333.